The van der Waals surface area contributed by atoms with E-state index in [4.69, 9.17) is 11.6 Å². The third-order valence-corrected chi connectivity index (χ3v) is 2.16. The van der Waals surface area contributed by atoms with E-state index >= 15 is 0 Å². The third kappa shape index (κ3) is 4.09. The molecule has 1 aromatic carbocycles. The van der Waals surface area contributed by atoms with Crippen LogP contribution in [0.15, 0.2) is 24.3 Å². The summed E-state index contributed by atoms with van der Waals surface area (Å²) in [4.78, 5) is 10.0. The third-order valence-electron chi connectivity index (χ3n) is 1.93. The average molecular weight is 197 g/mol. The highest BCUT2D eigenvalue weighted by atomic mass is 35.5. The van der Waals surface area contributed by atoms with Gasteiger partial charge in [-0.15, -0.1) is 0 Å². The molecule has 0 aliphatic heterocycles. The molecule has 0 saturated heterocycles. The van der Waals surface area contributed by atoms with E-state index in [-0.39, 0.29) is 0 Å². The van der Waals surface area contributed by atoms with E-state index in [0.29, 0.717) is 6.42 Å². The zero-order valence-corrected chi connectivity index (χ0v) is 8.26. The first-order valence-electron chi connectivity index (χ1n) is 4.51. The van der Waals surface area contributed by atoms with Crippen molar-refractivity contribution in [1.82, 2.24) is 0 Å². The summed E-state index contributed by atoms with van der Waals surface area (Å²) in [6, 6.07) is 7.86. The first kappa shape index (κ1) is 10.3. The highest BCUT2D eigenvalue weighted by Gasteiger charge is 1.94. The van der Waals surface area contributed by atoms with Gasteiger partial charge in [-0.3, -0.25) is 0 Å². The SMILES string of the molecule is O=CCCCCc1cccc(Cl)c1. The maximum Gasteiger partial charge on any atom is 0.119 e. The number of aryl methyl sites for hydroxylation is 1. The van der Waals surface area contributed by atoms with E-state index in [9.17, 15) is 4.79 Å². The molecule has 1 aromatic rings. The van der Waals surface area contributed by atoms with E-state index in [1.54, 1.807) is 0 Å². The Morgan fingerprint density at radius 2 is 2.15 bits per heavy atom. The molecule has 0 bridgehead atoms. The molecule has 0 fully saturated rings. The monoisotopic (exact) mass is 196 g/mol. The van der Waals surface area contributed by atoms with Gasteiger partial charge in [-0.05, 0) is 37.0 Å². The molecule has 0 spiro atoms. The summed E-state index contributed by atoms with van der Waals surface area (Å²) in [6.07, 6.45) is 4.67. The van der Waals surface area contributed by atoms with E-state index in [2.05, 4.69) is 6.07 Å². The molecule has 0 atom stereocenters. The van der Waals surface area contributed by atoms with Gasteiger partial charge in [-0.1, -0.05) is 23.7 Å². The summed E-state index contributed by atoms with van der Waals surface area (Å²) in [6.45, 7) is 0. The Labute approximate surface area is 83.7 Å². The van der Waals surface area contributed by atoms with Crippen molar-refractivity contribution < 1.29 is 4.79 Å². The zero-order valence-electron chi connectivity index (χ0n) is 7.50. The molecular weight excluding hydrogens is 184 g/mol. The van der Waals surface area contributed by atoms with Crippen LogP contribution in [0.25, 0.3) is 0 Å². The predicted octanol–water partition coefficient (Wildman–Crippen LogP) is 3.25. The first-order valence-corrected chi connectivity index (χ1v) is 4.89. The molecule has 0 saturated carbocycles. The lowest BCUT2D eigenvalue weighted by atomic mass is 10.1. The van der Waals surface area contributed by atoms with Crippen molar-refractivity contribution in [2.24, 2.45) is 0 Å². The molecule has 0 aliphatic carbocycles. The van der Waals surface area contributed by atoms with E-state index in [0.717, 1.165) is 30.6 Å². The van der Waals surface area contributed by atoms with Gasteiger partial charge < -0.3 is 4.79 Å². The number of carbonyl (C=O) groups is 1. The van der Waals surface area contributed by atoms with Crippen molar-refractivity contribution in [2.75, 3.05) is 0 Å². The number of rotatable bonds is 5. The molecule has 0 aliphatic rings. The molecule has 0 N–H and O–H groups in total. The van der Waals surface area contributed by atoms with Gasteiger partial charge >= 0.3 is 0 Å². The maximum atomic E-state index is 10.0. The number of unbranched alkanes of at least 4 members (excludes halogenated alkanes) is 2. The van der Waals surface area contributed by atoms with Crippen LogP contribution in [0.1, 0.15) is 24.8 Å². The highest BCUT2D eigenvalue weighted by molar-refractivity contribution is 6.30. The number of hydrogen-bond donors (Lipinski definition) is 0. The lowest BCUT2D eigenvalue weighted by molar-refractivity contribution is -0.107. The number of aldehydes is 1. The van der Waals surface area contributed by atoms with Gasteiger partial charge in [0.05, 0.1) is 0 Å². The lowest BCUT2D eigenvalue weighted by Gasteiger charge is -1.99. The van der Waals surface area contributed by atoms with Crippen molar-refractivity contribution in [3.05, 3.63) is 34.9 Å². The second kappa shape index (κ2) is 5.76. The number of halogens is 1. The molecule has 0 heterocycles. The van der Waals surface area contributed by atoms with Crippen LogP contribution < -0.4 is 0 Å². The molecule has 0 amide bonds. The summed E-state index contributed by atoms with van der Waals surface area (Å²) in [5.41, 5.74) is 1.25. The Morgan fingerprint density at radius 3 is 2.85 bits per heavy atom. The second-order valence-corrected chi connectivity index (χ2v) is 3.48. The van der Waals surface area contributed by atoms with Crippen LogP contribution >= 0.6 is 11.6 Å². The van der Waals surface area contributed by atoms with E-state index < -0.39 is 0 Å². The topological polar surface area (TPSA) is 17.1 Å². The first-order chi connectivity index (χ1) is 6.33. The summed E-state index contributed by atoms with van der Waals surface area (Å²) < 4.78 is 0. The molecule has 0 unspecified atom stereocenters. The molecule has 2 heteroatoms. The fraction of sp³-hybridized carbons (Fsp3) is 0.364. The summed E-state index contributed by atoms with van der Waals surface area (Å²) in [5.74, 6) is 0. The van der Waals surface area contributed by atoms with Crippen LogP contribution in [0.2, 0.25) is 5.02 Å². The molecule has 0 aromatic heterocycles. The number of hydrogen-bond acceptors (Lipinski definition) is 1. The van der Waals surface area contributed by atoms with E-state index in [1.165, 1.54) is 5.56 Å². The Morgan fingerprint density at radius 1 is 1.31 bits per heavy atom. The fourth-order valence-electron chi connectivity index (χ4n) is 1.25. The molecule has 0 radical (unpaired) electrons. The predicted molar refractivity (Wildman–Crippen MR) is 55.1 cm³/mol. The van der Waals surface area contributed by atoms with Gasteiger partial charge in [0.25, 0.3) is 0 Å². The van der Waals surface area contributed by atoms with Gasteiger partial charge in [0.2, 0.25) is 0 Å². The Hall–Kier alpha value is -0.820. The molecule has 1 nitrogen and oxygen atoms in total. The quantitative estimate of drug-likeness (QED) is 0.522. The Bertz CT molecular complexity index is 271. The summed E-state index contributed by atoms with van der Waals surface area (Å²) in [5, 5.41) is 0.785. The standard InChI is InChI=1S/C11H13ClO/c12-11-7-4-6-10(9-11)5-2-1-3-8-13/h4,6-9H,1-3,5H2. The minimum absolute atomic E-state index is 0.667. The lowest BCUT2D eigenvalue weighted by Crippen LogP contribution is -1.85. The molecule has 1 rings (SSSR count). The molecule has 13 heavy (non-hydrogen) atoms. The minimum Gasteiger partial charge on any atom is -0.303 e. The zero-order chi connectivity index (χ0) is 9.52. The van der Waals surface area contributed by atoms with Gasteiger partial charge in [-0.25, -0.2) is 0 Å². The molecule has 70 valence electrons. The largest absolute Gasteiger partial charge is 0.303 e. The second-order valence-electron chi connectivity index (χ2n) is 3.04. The van der Waals surface area contributed by atoms with Crippen LogP contribution in [0.3, 0.4) is 0 Å². The summed E-state index contributed by atoms with van der Waals surface area (Å²) >= 11 is 5.83. The van der Waals surface area contributed by atoms with Crippen molar-refractivity contribution in [3.8, 4) is 0 Å². The van der Waals surface area contributed by atoms with Crippen molar-refractivity contribution in [3.63, 3.8) is 0 Å². The molecular formula is C11H13ClO. The average Bonchev–Trinajstić information content (AvgIpc) is 2.13. The smallest absolute Gasteiger partial charge is 0.119 e. The van der Waals surface area contributed by atoms with Gasteiger partial charge in [0.1, 0.15) is 6.29 Å². The Balaban J connectivity index is 2.32. The van der Waals surface area contributed by atoms with Crippen LogP contribution in [0.5, 0.6) is 0 Å². The number of benzene rings is 1. The van der Waals surface area contributed by atoms with Crippen LogP contribution in [0.4, 0.5) is 0 Å². The summed E-state index contributed by atoms with van der Waals surface area (Å²) in [7, 11) is 0. The highest BCUT2D eigenvalue weighted by Crippen LogP contribution is 2.12. The van der Waals surface area contributed by atoms with Crippen molar-refractivity contribution >= 4 is 17.9 Å². The number of carbonyl (C=O) groups excluding carboxylic acids is 1. The fourth-order valence-corrected chi connectivity index (χ4v) is 1.46. The van der Waals surface area contributed by atoms with Gasteiger partial charge in [0, 0.05) is 11.4 Å². The van der Waals surface area contributed by atoms with Crippen LogP contribution in [0, 0.1) is 0 Å². The normalized spacial score (nSPS) is 9.92. The minimum atomic E-state index is 0.667. The maximum absolute atomic E-state index is 10.0. The van der Waals surface area contributed by atoms with E-state index in [1.807, 2.05) is 18.2 Å². The van der Waals surface area contributed by atoms with Gasteiger partial charge in [-0.2, -0.15) is 0 Å². The van der Waals surface area contributed by atoms with Crippen molar-refractivity contribution in [1.29, 1.82) is 0 Å². The van der Waals surface area contributed by atoms with Crippen molar-refractivity contribution in [2.45, 2.75) is 25.7 Å². The Kier molecular flexibility index (Phi) is 4.55. The van der Waals surface area contributed by atoms with Crippen LogP contribution in [-0.2, 0) is 11.2 Å². The van der Waals surface area contributed by atoms with Crippen LogP contribution in [-0.4, -0.2) is 6.29 Å². The van der Waals surface area contributed by atoms with Gasteiger partial charge in [0.15, 0.2) is 0 Å².